The van der Waals surface area contributed by atoms with E-state index in [1.54, 1.807) is 0 Å². The molecule has 3 aliphatic rings. The van der Waals surface area contributed by atoms with Crippen LogP contribution in [0, 0.1) is 23.7 Å². The maximum Gasteiger partial charge on any atom is 0.310 e. The maximum atomic E-state index is 13.5. The second-order valence-corrected chi connectivity index (χ2v) is 8.06. The van der Waals surface area contributed by atoms with Crippen molar-refractivity contribution in [2.75, 3.05) is 12.4 Å². The molecule has 7 unspecified atom stereocenters. The zero-order valence-electron chi connectivity index (χ0n) is 13.2. The van der Waals surface area contributed by atoms with E-state index in [4.69, 9.17) is 18.8 Å². The van der Waals surface area contributed by atoms with Crippen molar-refractivity contribution in [3.8, 4) is 0 Å². The fraction of sp³-hybridized carbons (Fsp3) is 0.786. The summed E-state index contributed by atoms with van der Waals surface area (Å²) in [6.07, 6.45) is -2.97. The van der Waals surface area contributed by atoms with E-state index in [1.165, 1.54) is 6.92 Å². The molecular weight excluding hydrogens is 363 g/mol. The third-order valence-corrected chi connectivity index (χ3v) is 5.70. The van der Waals surface area contributed by atoms with Gasteiger partial charge in [0, 0.05) is 18.8 Å². The number of hydrogen-bond acceptors (Lipinski definition) is 8. The molecule has 1 aliphatic heterocycles. The summed E-state index contributed by atoms with van der Waals surface area (Å²) >= 11 is 0. The van der Waals surface area contributed by atoms with E-state index in [-0.39, 0.29) is 5.92 Å². The SMILES string of the molecule is CC(=O)OC1C2CC3C1OC(=O)C3C2C(=O)OCC(F)CS(=O)(=O)O. The van der Waals surface area contributed by atoms with Gasteiger partial charge in [-0.15, -0.1) is 0 Å². The van der Waals surface area contributed by atoms with Crippen LogP contribution in [0.15, 0.2) is 0 Å². The van der Waals surface area contributed by atoms with Gasteiger partial charge in [0.05, 0.1) is 11.8 Å². The van der Waals surface area contributed by atoms with Gasteiger partial charge in [-0.25, -0.2) is 4.39 Å². The first-order valence-corrected chi connectivity index (χ1v) is 9.33. The van der Waals surface area contributed by atoms with Crippen LogP contribution in [0.2, 0.25) is 0 Å². The molecule has 0 aromatic heterocycles. The summed E-state index contributed by atoms with van der Waals surface area (Å²) in [6.45, 7) is 0.340. The highest BCUT2D eigenvalue weighted by Gasteiger charge is 2.70. The van der Waals surface area contributed by atoms with Crippen molar-refractivity contribution in [3.63, 3.8) is 0 Å². The third kappa shape index (κ3) is 3.34. The second-order valence-electron chi connectivity index (χ2n) is 6.57. The van der Waals surface area contributed by atoms with E-state index in [2.05, 4.69) is 0 Å². The zero-order chi connectivity index (χ0) is 18.5. The Bertz CT molecular complexity index is 705. The molecule has 7 atom stereocenters. The van der Waals surface area contributed by atoms with Crippen molar-refractivity contribution >= 4 is 28.0 Å². The molecule has 3 rings (SSSR count). The number of rotatable bonds is 6. The summed E-state index contributed by atoms with van der Waals surface area (Å²) in [5.74, 6) is -5.61. The van der Waals surface area contributed by atoms with E-state index < -0.39 is 76.5 Å². The Morgan fingerprint density at radius 1 is 1.40 bits per heavy atom. The molecular formula is C14H17FO9S. The molecule has 0 aromatic rings. The van der Waals surface area contributed by atoms with Crippen molar-refractivity contribution in [1.29, 1.82) is 0 Å². The Labute approximate surface area is 142 Å². The Kier molecular flexibility index (Phi) is 4.48. The molecule has 0 radical (unpaired) electrons. The molecule has 2 saturated carbocycles. The minimum atomic E-state index is -4.54. The van der Waals surface area contributed by atoms with Crippen LogP contribution in [0.5, 0.6) is 0 Å². The highest BCUT2D eigenvalue weighted by molar-refractivity contribution is 7.85. The number of fused-ring (bicyclic) bond motifs is 1. The fourth-order valence-corrected chi connectivity index (χ4v) is 4.76. The standard InChI is InChI=1S/C14H17FO9S/c1-5(16)23-11-7-2-8-10(14(18)24-12(8)11)9(7)13(17)22-3-6(15)4-25(19,20)21/h6-12H,2-4H2,1H3,(H,19,20,21). The fourth-order valence-electron chi connectivity index (χ4n) is 4.21. The summed E-state index contributed by atoms with van der Waals surface area (Å²) in [5.41, 5.74) is 0. The lowest BCUT2D eigenvalue weighted by atomic mass is 9.78. The smallest absolute Gasteiger partial charge is 0.310 e. The molecule has 0 spiro atoms. The van der Waals surface area contributed by atoms with Crippen molar-refractivity contribution in [2.24, 2.45) is 23.7 Å². The van der Waals surface area contributed by atoms with Crippen LogP contribution in [0.25, 0.3) is 0 Å². The maximum absolute atomic E-state index is 13.5. The van der Waals surface area contributed by atoms with Gasteiger partial charge in [-0.2, -0.15) is 8.42 Å². The van der Waals surface area contributed by atoms with Gasteiger partial charge in [-0.05, 0) is 6.42 Å². The topological polar surface area (TPSA) is 133 Å². The summed E-state index contributed by atoms with van der Waals surface area (Å²) in [5, 5.41) is 0. The highest BCUT2D eigenvalue weighted by atomic mass is 32.2. The van der Waals surface area contributed by atoms with Crippen LogP contribution in [0.1, 0.15) is 13.3 Å². The summed E-state index contributed by atoms with van der Waals surface area (Å²) in [7, 11) is -4.54. The van der Waals surface area contributed by atoms with Gasteiger partial charge in [0.25, 0.3) is 10.1 Å². The molecule has 25 heavy (non-hydrogen) atoms. The number of halogens is 1. The highest BCUT2D eigenvalue weighted by Crippen LogP contribution is 2.58. The summed E-state index contributed by atoms with van der Waals surface area (Å²) in [4.78, 5) is 35.6. The van der Waals surface area contributed by atoms with Crippen molar-refractivity contribution in [3.05, 3.63) is 0 Å². The first kappa shape index (κ1) is 18.1. The largest absolute Gasteiger partial charge is 0.462 e. The van der Waals surface area contributed by atoms with Crippen LogP contribution >= 0.6 is 0 Å². The normalized spacial score (nSPS) is 36.8. The molecule has 0 aromatic carbocycles. The number of alkyl halides is 1. The Balaban J connectivity index is 1.68. The van der Waals surface area contributed by atoms with Gasteiger partial charge in [0.2, 0.25) is 0 Å². The van der Waals surface area contributed by atoms with E-state index >= 15 is 0 Å². The van der Waals surface area contributed by atoms with Crippen LogP contribution in [-0.2, 0) is 38.7 Å². The zero-order valence-corrected chi connectivity index (χ0v) is 14.0. The minimum Gasteiger partial charge on any atom is -0.462 e. The van der Waals surface area contributed by atoms with Gasteiger partial charge in [0.1, 0.15) is 24.6 Å². The molecule has 1 heterocycles. The molecule has 2 bridgehead atoms. The molecule has 3 fully saturated rings. The van der Waals surface area contributed by atoms with Crippen molar-refractivity contribution in [2.45, 2.75) is 31.7 Å². The van der Waals surface area contributed by atoms with E-state index in [9.17, 15) is 27.2 Å². The van der Waals surface area contributed by atoms with Crippen molar-refractivity contribution < 1.29 is 46.0 Å². The Hall–Kier alpha value is -1.75. The number of carbonyl (C=O) groups excluding carboxylic acids is 3. The van der Waals surface area contributed by atoms with Crippen molar-refractivity contribution in [1.82, 2.24) is 0 Å². The van der Waals surface area contributed by atoms with E-state index in [0.29, 0.717) is 6.42 Å². The van der Waals surface area contributed by atoms with Crippen LogP contribution in [0.4, 0.5) is 4.39 Å². The number of esters is 3. The minimum absolute atomic E-state index is 0.265. The predicted molar refractivity (Wildman–Crippen MR) is 76.3 cm³/mol. The quantitative estimate of drug-likeness (QED) is 0.367. The van der Waals surface area contributed by atoms with E-state index in [1.807, 2.05) is 0 Å². The molecule has 140 valence electrons. The van der Waals surface area contributed by atoms with Crippen LogP contribution < -0.4 is 0 Å². The van der Waals surface area contributed by atoms with E-state index in [0.717, 1.165) is 0 Å². The number of hydrogen-bond donors (Lipinski definition) is 1. The molecule has 1 saturated heterocycles. The lowest BCUT2D eigenvalue weighted by Gasteiger charge is -2.29. The molecule has 9 nitrogen and oxygen atoms in total. The molecule has 1 N–H and O–H groups in total. The Morgan fingerprint density at radius 3 is 2.68 bits per heavy atom. The van der Waals surface area contributed by atoms with Gasteiger partial charge >= 0.3 is 17.9 Å². The number of carbonyl (C=O) groups is 3. The molecule has 0 amide bonds. The Morgan fingerprint density at radius 2 is 2.08 bits per heavy atom. The molecule has 11 heteroatoms. The van der Waals surface area contributed by atoms with Gasteiger partial charge in [-0.1, -0.05) is 0 Å². The average Bonchev–Trinajstić information content (AvgIpc) is 3.05. The predicted octanol–water partition coefficient (Wildman–Crippen LogP) is -0.505. The lowest BCUT2D eigenvalue weighted by Crippen LogP contribution is -2.43. The van der Waals surface area contributed by atoms with Gasteiger partial charge in [0.15, 0.2) is 6.17 Å². The second kappa shape index (κ2) is 6.20. The first-order valence-electron chi connectivity index (χ1n) is 7.72. The third-order valence-electron chi connectivity index (χ3n) is 4.92. The average molecular weight is 380 g/mol. The lowest BCUT2D eigenvalue weighted by molar-refractivity contribution is -0.164. The first-order chi connectivity index (χ1) is 11.6. The monoisotopic (exact) mass is 380 g/mol. The number of ether oxygens (including phenoxy) is 3. The van der Waals surface area contributed by atoms with Gasteiger partial charge in [-0.3, -0.25) is 18.9 Å². The summed E-state index contributed by atoms with van der Waals surface area (Å²) in [6, 6.07) is 0. The van der Waals surface area contributed by atoms with Gasteiger partial charge < -0.3 is 14.2 Å². The summed E-state index contributed by atoms with van der Waals surface area (Å²) < 4.78 is 58.5. The van der Waals surface area contributed by atoms with Crippen LogP contribution in [-0.4, -0.2) is 61.6 Å². The molecule has 2 aliphatic carbocycles. The van der Waals surface area contributed by atoms with Crippen LogP contribution in [0.3, 0.4) is 0 Å².